The number of methoxy groups -OCH3 is 2. The van der Waals surface area contributed by atoms with Gasteiger partial charge in [-0.05, 0) is 42.0 Å². The number of carbonyl (C=O) groups is 1. The Morgan fingerprint density at radius 2 is 1.58 bits per heavy atom. The second-order valence-corrected chi connectivity index (χ2v) is 8.52. The predicted molar refractivity (Wildman–Crippen MR) is 118 cm³/mol. The van der Waals surface area contributed by atoms with Gasteiger partial charge in [0.1, 0.15) is 16.4 Å². The lowest BCUT2D eigenvalue weighted by atomic mass is 10.2. The van der Waals surface area contributed by atoms with Gasteiger partial charge in [0, 0.05) is 6.54 Å². The van der Waals surface area contributed by atoms with Crippen LogP contribution in [0.5, 0.6) is 11.5 Å². The summed E-state index contributed by atoms with van der Waals surface area (Å²) in [6, 6.07) is 20.3. The summed E-state index contributed by atoms with van der Waals surface area (Å²) in [6.07, 6.45) is 0. The number of benzene rings is 3. The molecule has 0 aliphatic rings. The van der Waals surface area contributed by atoms with Gasteiger partial charge in [-0.2, -0.15) is 0 Å². The molecule has 162 valence electrons. The number of carbonyl (C=O) groups excluding carboxylic acids is 1. The van der Waals surface area contributed by atoms with Crippen molar-refractivity contribution in [1.82, 2.24) is 5.32 Å². The third kappa shape index (κ3) is 5.35. The van der Waals surface area contributed by atoms with Crippen LogP contribution in [0.1, 0.15) is 5.56 Å². The van der Waals surface area contributed by atoms with Crippen LogP contribution in [0.4, 0.5) is 5.69 Å². The molecule has 2 N–H and O–H groups in total. The van der Waals surface area contributed by atoms with Crippen molar-refractivity contribution < 1.29 is 22.7 Å². The third-order valence-corrected chi connectivity index (χ3v) is 6.46. The summed E-state index contributed by atoms with van der Waals surface area (Å²) in [5, 5.41) is 5.73. The van der Waals surface area contributed by atoms with Crippen molar-refractivity contribution in [2.75, 3.05) is 26.1 Å². The van der Waals surface area contributed by atoms with Crippen LogP contribution < -0.4 is 20.1 Å². The van der Waals surface area contributed by atoms with E-state index in [-0.39, 0.29) is 28.0 Å². The molecular weight excluding hydrogens is 416 g/mol. The van der Waals surface area contributed by atoms with Crippen LogP contribution in [0.2, 0.25) is 0 Å². The Morgan fingerprint density at radius 1 is 0.871 bits per heavy atom. The highest BCUT2D eigenvalue weighted by atomic mass is 32.2. The molecule has 0 bridgehead atoms. The summed E-state index contributed by atoms with van der Waals surface area (Å²) >= 11 is 0. The van der Waals surface area contributed by atoms with Crippen LogP contribution in [0.25, 0.3) is 0 Å². The van der Waals surface area contributed by atoms with Crippen molar-refractivity contribution in [3.8, 4) is 11.5 Å². The minimum atomic E-state index is -3.85. The van der Waals surface area contributed by atoms with Crippen molar-refractivity contribution in [2.24, 2.45) is 0 Å². The zero-order valence-corrected chi connectivity index (χ0v) is 18.1. The van der Waals surface area contributed by atoms with E-state index in [4.69, 9.17) is 9.47 Å². The largest absolute Gasteiger partial charge is 0.497 e. The van der Waals surface area contributed by atoms with E-state index < -0.39 is 9.84 Å². The molecule has 7 nitrogen and oxygen atoms in total. The van der Waals surface area contributed by atoms with Gasteiger partial charge in [-0.3, -0.25) is 4.79 Å². The smallest absolute Gasteiger partial charge is 0.239 e. The van der Waals surface area contributed by atoms with Crippen molar-refractivity contribution in [2.45, 2.75) is 16.3 Å². The average molecular weight is 441 g/mol. The van der Waals surface area contributed by atoms with Gasteiger partial charge in [0.15, 0.2) is 0 Å². The van der Waals surface area contributed by atoms with Crippen LogP contribution in [0.15, 0.2) is 82.6 Å². The molecule has 3 aromatic carbocycles. The summed E-state index contributed by atoms with van der Waals surface area (Å²) in [5.41, 5.74) is 1.21. The first-order valence-electron chi connectivity index (χ1n) is 9.56. The molecule has 0 aromatic heterocycles. The SMILES string of the molecule is COc1ccc(CNC(=O)CNc2cccc(OC)c2S(=O)(=O)c2ccccc2)cc1. The molecule has 31 heavy (non-hydrogen) atoms. The van der Waals surface area contributed by atoms with Gasteiger partial charge in [0.2, 0.25) is 15.7 Å². The third-order valence-electron chi connectivity index (χ3n) is 4.61. The fraction of sp³-hybridized carbons (Fsp3) is 0.174. The number of nitrogens with one attached hydrogen (secondary N) is 2. The second-order valence-electron chi connectivity index (χ2n) is 6.63. The number of anilines is 1. The number of amides is 1. The molecule has 0 radical (unpaired) electrons. The first kappa shape index (κ1) is 22.2. The topological polar surface area (TPSA) is 93.7 Å². The molecule has 0 unspecified atom stereocenters. The maximum atomic E-state index is 13.2. The lowest BCUT2D eigenvalue weighted by Gasteiger charge is -2.16. The van der Waals surface area contributed by atoms with E-state index in [0.717, 1.165) is 11.3 Å². The maximum absolute atomic E-state index is 13.2. The molecule has 3 rings (SSSR count). The molecule has 3 aromatic rings. The van der Waals surface area contributed by atoms with E-state index in [0.29, 0.717) is 12.2 Å². The summed E-state index contributed by atoms with van der Waals surface area (Å²) < 4.78 is 36.8. The Hall–Kier alpha value is -3.52. The highest BCUT2D eigenvalue weighted by Gasteiger charge is 2.26. The van der Waals surface area contributed by atoms with E-state index in [1.54, 1.807) is 43.5 Å². The average Bonchev–Trinajstić information content (AvgIpc) is 2.81. The van der Waals surface area contributed by atoms with Crippen molar-refractivity contribution in [3.63, 3.8) is 0 Å². The van der Waals surface area contributed by atoms with E-state index in [1.165, 1.54) is 19.2 Å². The van der Waals surface area contributed by atoms with Gasteiger partial charge < -0.3 is 20.1 Å². The Bertz CT molecular complexity index is 1130. The van der Waals surface area contributed by atoms with E-state index >= 15 is 0 Å². The Labute approximate surface area is 181 Å². The molecule has 0 spiro atoms. The highest BCUT2D eigenvalue weighted by molar-refractivity contribution is 7.91. The predicted octanol–water partition coefficient (Wildman–Crippen LogP) is 3.26. The minimum Gasteiger partial charge on any atom is -0.497 e. The molecule has 0 fully saturated rings. The second kappa shape index (κ2) is 9.99. The van der Waals surface area contributed by atoms with E-state index in [9.17, 15) is 13.2 Å². The summed E-state index contributed by atoms with van der Waals surface area (Å²) in [4.78, 5) is 12.5. The molecule has 8 heteroatoms. The van der Waals surface area contributed by atoms with Crippen LogP contribution in [0, 0.1) is 0 Å². The fourth-order valence-corrected chi connectivity index (χ4v) is 4.59. The van der Waals surface area contributed by atoms with Crippen LogP contribution in [-0.2, 0) is 21.2 Å². The molecule has 0 saturated carbocycles. The zero-order valence-electron chi connectivity index (χ0n) is 17.3. The number of rotatable bonds is 9. The molecule has 0 aliphatic heterocycles. The van der Waals surface area contributed by atoms with Gasteiger partial charge in [0.05, 0.1) is 31.3 Å². The standard InChI is InChI=1S/C23H24N2O5S/c1-29-18-13-11-17(12-14-18)15-25-22(26)16-24-20-9-6-10-21(30-2)23(20)31(27,28)19-7-4-3-5-8-19/h3-14,24H,15-16H2,1-2H3,(H,25,26). The van der Waals surface area contributed by atoms with E-state index in [2.05, 4.69) is 10.6 Å². The minimum absolute atomic E-state index is 0.00773. The highest BCUT2D eigenvalue weighted by Crippen LogP contribution is 2.35. The number of ether oxygens (including phenoxy) is 2. The normalized spacial score (nSPS) is 10.9. The molecular formula is C23H24N2O5S. The van der Waals surface area contributed by atoms with Crippen LogP contribution in [0.3, 0.4) is 0 Å². The molecule has 1 amide bonds. The lowest BCUT2D eigenvalue weighted by Crippen LogP contribution is -2.29. The summed E-state index contributed by atoms with van der Waals surface area (Å²) in [6.45, 7) is 0.248. The van der Waals surface area contributed by atoms with E-state index in [1.807, 2.05) is 24.3 Å². The molecule has 0 aliphatic carbocycles. The first-order chi connectivity index (χ1) is 15.0. The van der Waals surface area contributed by atoms with Gasteiger partial charge in [-0.15, -0.1) is 0 Å². The molecule has 0 saturated heterocycles. The van der Waals surface area contributed by atoms with Crippen LogP contribution in [-0.4, -0.2) is 35.1 Å². The van der Waals surface area contributed by atoms with Crippen molar-refractivity contribution >= 4 is 21.4 Å². The van der Waals surface area contributed by atoms with Gasteiger partial charge in [0.25, 0.3) is 0 Å². The van der Waals surface area contributed by atoms with Crippen LogP contribution >= 0.6 is 0 Å². The lowest BCUT2D eigenvalue weighted by molar-refractivity contribution is -0.119. The quantitative estimate of drug-likeness (QED) is 0.531. The fourth-order valence-electron chi connectivity index (χ4n) is 2.99. The maximum Gasteiger partial charge on any atom is 0.239 e. The number of sulfone groups is 1. The summed E-state index contributed by atoms with van der Waals surface area (Å²) in [7, 11) is -0.855. The first-order valence-corrected chi connectivity index (χ1v) is 11.0. The monoisotopic (exact) mass is 440 g/mol. The molecule has 0 atom stereocenters. The summed E-state index contributed by atoms with van der Waals surface area (Å²) in [5.74, 6) is 0.663. The van der Waals surface area contributed by atoms with Crippen molar-refractivity contribution in [1.29, 1.82) is 0 Å². The Morgan fingerprint density at radius 3 is 2.23 bits per heavy atom. The van der Waals surface area contributed by atoms with Gasteiger partial charge in [-0.25, -0.2) is 8.42 Å². The van der Waals surface area contributed by atoms with Gasteiger partial charge >= 0.3 is 0 Å². The molecule has 0 heterocycles. The Kier molecular flexibility index (Phi) is 7.15. The Balaban J connectivity index is 1.73. The number of hydrogen-bond acceptors (Lipinski definition) is 6. The van der Waals surface area contributed by atoms with Crippen molar-refractivity contribution in [3.05, 3.63) is 78.4 Å². The zero-order chi connectivity index (χ0) is 22.3. The number of hydrogen-bond donors (Lipinski definition) is 2. The van der Waals surface area contributed by atoms with Gasteiger partial charge in [-0.1, -0.05) is 36.4 Å².